The fourth-order valence-corrected chi connectivity index (χ4v) is 3.46. The lowest BCUT2D eigenvalue weighted by atomic mass is 10.0. The first kappa shape index (κ1) is 16.0. The fourth-order valence-electron chi connectivity index (χ4n) is 3.46. The van der Waals surface area contributed by atoms with Crippen LogP contribution in [-0.4, -0.2) is 41.7 Å². The minimum atomic E-state index is -0.0743. The third-order valence-electron chi connectivity index (χ3n) is 4.74. The van der Waals surface area contributed by atoms with Gasteiger partial charge in [0.15, 0.2) is 0 Å². The molecule has 6 heteroatoms. The van der Waals surface area contributed by atoms with Gasteiger partial charge in [0.1, 0.15) is 5.69 Å². The summed E-state index contributed by atoms with van der Waals surface area (Å²) in [5.41, 5.74) is 2.63. The number of amides is 1. The standard InChI is InChI=1S/C19H22N4O2/c24-18(23-11-3-6-14-5-1-2-8-17(14)23)16-9-10-20-19(22-16)21-13-15-7-4-12-25-15/h1-2,5,8-10,15H,3-4,6-7,11-13H2,(H,20,21,22). The highest BCUT2D eigenvalue weighted by molar-refractivity contribution is 6.05. The number of aryl methyl sites for hydroxylation is 1. The van der Waals surface area contributed by atoms with Gasteiger partial charge in [-0.05, 0) is 43.4 Å². The Kier molecular flexibility index (Phi) is 4.61. The predicted octanol–water partition coefficient (Wildman–Crippen LogP) is 2.66. The SMILES string of the molecule is O=C(c1ccnc(NCC2CCCO2)n1)N1CCCc2ccccc21. The van der Waals surface area contributed by atoms with Crippen molar-refractivity contribution in [3.05, 3.63) is 47.8 Å². The van der Waals surface area contributed by atoms with Gasteiger partial charge in [-0.3, -0.25) is 4.79 Å². The lowest BCUT2D eigenvalue weighted by Crippen LogP contribution is -2.36. The molecular weight excluding hydrogens is 316 g/mol. The van der Waals surface area contributed by atoms with E-state index in [-0.39, 0.29) is 12.0 Å². The van der Waals surface area contributed by atoms with Crippen LogP contribution in [0, 0.1) is 0 Å². The van der Waals surface area contributed by atoms with E-state index < -0.39 is 0 Å². The largest absolute Gasteiger partial charge is 0.376 e. The molecule has 6 nitrogen and oxygen atoms in total. The molecule has 1 aromatic heterocycles. The van der Waals surface area contributed by atoms with Crippen LogP contribution in [-0.2, 0) is 11.2 Å². The number of ether oxygens (including phenoxy) is 1. The van der Waals surface area contributed by atoms with Crippen molar-refractivity contribution in [3.8, 4) is 0 Å². The van der Waals surface area contributed by atoms with Crippen LogP contribution in [0.1, 0.15) is 35.3 Å². The fraction of sp³-hybridized carbons (Fsp3) is 0.421. The van der Waals surface area contributed by atoms with Crippen LogP contribution in [0.3, 0.4) is 0 Å². The molecule has 1 unspecified atom stereocenters. The molecule has 1 N–H and O–H groups in total. The van der Waals surface area contributed by atoms with Gasteiger partial charge in [-0.2, -0.15) is 0 Å². The number of rotatable bonds is 4. The second kappa shape index (κ2) is 7.19. The minimum absolute atomic E-state index is 0.0743. The number of anilines is 2. The van der Waals surface area contributed by atoms with Gasteiger partial charge in [-0.15, -0.1) is 0 Å². The van der Waals surface area contributed by atoms with E-state index in [1.165, 1.54) is 5.56 Å². The van der Waals surface area contributed by atoms with Gasteiger partial charge in [0.25, 0.3) is 5.91 Å². The molecule has 1 saturated heterocycles. The highest BCUT2D eigenvalue weighted by Gasteiger charge is 2.24. The van der Waals surface area contributed by atoms with Crippen molar-refractivity contribution in [1.82, 2.24) is 9.97 Å². The Morgan fingerprint density at radius 1 is 1.28 bits per heavy atom. The van der Waals surface area contributed by atoms with E-state index in [0.29, 0.717) is 18.2 Å². The van der Waals surface area contributed by atoms with E-state index in [0.717, 1.165) is 44.5 Å². The smallest absolute Gasteiger partial charge is 0.277 e. The van der Waals surface area contributed by atoms with E-state index in [4.69, 9.17) is 4.74 Å². The Hall–Kier alpha value is -2.47. The molecule has 2 aromatic rings. The molecule has 0 radical (unpaired) electrons. The van der Waals surface area contributed by atoms with Crippen molar-refractivity contribution < 1.29 is 9.53 Å². The van der Waals surface area contributed by atoms with E-state index in [1.54, 1.807) is 12.3 Å². The topological polar surface area (TPSA) is 67.3 Å². The van der Waals surface area contributed by atoms with Crippen LogP contribution in [0.2, 0.25) is 0 Å². The molecule has 25 heavy (non-hydrogen) atoms. The molecule has 1 fully saturated rings. The molecule has 3 heterocycles. The first-order valence-electron chi connectivity index (χ1n) is 8.89. The lowest BCUT2D eigenvalue weighted by Gasteiger charge is -2.29. The molecule has 130 valence electrons. The summed E-state index contributed by atoms with van der Waals surface area (Å²) in [6, 6.07) is 9.76. The Bertz CT molecular complexity index is 759. The van der Waals surface area contributed by atoms with Crippen molar-refractivity contribution in [1.29, 1.82) is 0 Å². The normalized spacial score (nSPS) is 19.5. The van der Waals surface area contributed by atoms with Crippen molar-refractivity contribution in [2.24, 2.45) is 0 Å². The third kappa shape index (κ3) is 3.49. The molecule has 0 bridgehead atoms. The maximum atomic E-state index is 13.0. The quantitative estimate of drug-likeness (QED) is 0.928. The summed E-state index contributed by atoms with van der Waals surface area (Å²) in [4.78, 5) is 23.4. The van der Waals surface area contributed by atoms with Gasteiger partial charge in [0.2, 0.25) is 5.95 Å². The number of nitrogens with zero attached hydrogens (tertiary/aromatic N) is 3. The van der Waals surface area contributed by atoms with E-state index >= 15 is 0 Å². The molecule has 0 spiro atoms. The molecule has 0 aliphatic carbocycles. The first-order valence-corrected chi connectivity index (χ1v) is 8.89. The van der Waals surface area contributed by atoms with E-state index in [1.807, 2.05) is 23.1 Å². The van der Waals surface area contributed by atoms with Crippen LogP contribution in [0.4, 0.5) is 11.6 Å². The zero-order valence-corrected chi connectivity index (χ0v) is 14.1. The maximum Gasteiger partial charge on any atom is 0.277 e. The summed E-state index contributed by atoms with van der Waals surface area (Å²) in [6.45, 7) is 2.21. The Labute approximate surface area is 147 Å². The lowest BCUT2D eigenvalue weighted by molar-refractivity contribution is 0.0980. The number of aromatic nitrogens is 2. The van der Waals surface area contributed by atoms with Crippen molar-refractivity contribution in [2.45, 2.75) is 31.8 Å². The Balaban J connectivity index is 1.50. The Morgan fingerprint density at radius 3 is 3.08 bits per heavy atom. The van der Waals surface area contributed by atoms with Crippen LogP contribution in [0.25, 0.3) is 0 Å². The van der Waals surface area contributed by atoms with Gasteiger partial charge in [0.05, 0.1) is 6.10 Å². The van der Waals surface area contributed by atoms with Crippen LogP contribution >= 0.6 is 0 Å². The number of hydrogen-bond donors (Lipinski definition) is 1. The number of benzene rings is 1. The summed E-state index contributed by atoms with van der Waals surface area (Å²) in [5, 5.41) is 3.19. The summed E-state index contributed by atoms with van der Waals surface area (Å²) >= 11 is 0. The van der Waals surface area contributed by atoms with Gasteiger partial charge >= 0.3 is 0 Å². The molecule has 4 rings (SSSR count). The van der Waals surface area contributed by atoms with Gasteiger partial charge in [-0.1, -0.05) is 18.2 Å². The molecule has 1 amide bonds. The minimum Gasteiger partial charge on any atom is -0.376 e. The number of carbonyl (C=O) groups is 1. The van der Waals surface area contributed by atoms with E-state index in [9.17, 15) is 4.79 Å². The summed E-state index contributed by atoms with van der Waals surface area (Å²) in [5.74, 6) is 0.404. The van der Waals surface area contributed by atoms with Crippen LogP contribution in [0.15, 0.2) is 36.5 Å². The average molecular weight is 338 g/mol. The zero-order chi connectivity index (χ0) is 17.1. The highest BCUT2D eigenvalue weighted by atomic mass is 16.5. The average Bonchev–Trinajstić information content (AvgIpc) is 3.19. The summed E-state index contributed by atoms with van der Waals surface area (Å²) in [7, 11) is 0. The van der Waals surface area contributed by atoms with Gasteiger partial charge in [0, 0.05) is 31.6 Å². The van der Waals surface area contributed by atoms with Gasteiger partial charge < -0.3 is 15.0 Å². The summed E-state index contributed by atoms with van der Waals surface area (Å²) in [6.07, 6.45) is 5.97. The predicted molar refractivity (Wildman–Crippen MR) is 95.9 cm³/mol. The molecule has 0 saturated carbocycles. The number of hydrogen-bond acceptors (Lipinski definition) is 5. The molecule has 2 aliphatic heterocycles. The second-order valence-electron chi connectivity index (χ2n) is 6.47. The van der Waals surface area contributed by atoms with Crippen LogP contribution < -0.4 is 10.2 Å². The molecule has 1 aromatic carbocycles. The van der Waals surface area contributed by atoms with Crippen molar-refractivity contribution in [3.63, 3.8) is 0 Å². The number of nitrogens with one attached hydrogen (secondary N) is 1. The number of para-hydroxylation sites is 1. The number of fused-ring (bicyclic) bond motifs is 1. The first-order chi connectivity index (χ1) is 12.3. The maximum absolute atomic E-state index is 13.0. The highest BCUT2D eigenvalue weighted by Crippen LogP contribution is 2.27. The number of carbonyl (C=O) groups excluding carboxylic acids is 1. The molecule has 2 aliphatic rings. The molecule has 1 atom stereocenters. The molecular formula is C19H22N4O2. The zero-order valence-electron chi connectivity index (χ0n) is 14.1. The second-order valence-corrected chi connectivity index (χ2v) is 6.47. The van der Waals surface area contributed by atoms with Crippen molar-refractivity contribution >= 4 is 17.5 Å². The van der Waals surface area contributed by atoms with Crippen molar-refractivity contribution in [2.75, 3.05) is 29.9 Å². The third-order valence-corrected chi connectivity index (χ3v) is 4.74. The van der Waals surface area contributed by atoms with Gasteiger partial charge in [-0.25, -0.2) is 9.97 Å². The van der Waals surface area contributed by atoms with Crippen LogP contribution in [0.5, 0.6) is 0 Å². The van der Waals surface area contributed by atoms with E-state index in [2.05, 4.69) is 21.4 Å². The monoisotopic (exact) mass is 338 g/mol. The summed E-state index contributed by atoms with van der Waals surface area (Å²) < 4.78 is 5.59. The Morgan fingerprint density at radius 2 is 2.20 bits per heavy atom.